The van der Waals surface area contributed by atoms with Crippen molar-refractivity contribution >= 4 is 35.1 Å². The third kappa shape index (κ3) is 4.70. The van der Waals surface area contributed by atoms with Crippen LogP contribution in [0.1, 0.15) is 5.56 Å². The molecule has 28 heavy (non-hydrogen) atoms. The maximum Gasteiger partial charge on any atom is 0.227 e. The molecule has 0 radical (unpaired) electrons. The molecule has 0 amide bonds. The first-order chi connectivity index (χ1) is 13.3. The van der Waals surface area contributed by atoms with E-state index in [1.165, 1.54) is 5.56 Å². The van der Waals surface area contributed by atoms with Crippen LogP contribution in [0.15, 0.2) is 54.6 Å². The van der Waals surface area contributed by atoms with Crippen molar-refractivity contribution < 1.29 is 5.11 Å². The second kappa shape index (κ2) is 9.68. The minimum absolute atomic E-state index is 0. The zero-order valence-electron chi connectivity index (χ0n) is 15.8. The van der Waals surface area contributed by atoms with Crippen molar-refractivity contribution in [1.29, 1.82) is 0 Å². The number of piperazine rings is 1. The first-order valence-electron chi connectivity index (χ1n) is 9.46. The molecule has 6 nitrogen and oxygen atoms in total. The van der Waals surface area contributed by atoms with Crippen LogP contribution in [0.2, 0.25) is 0 Å². The summed E-state index contributed by atoms with van der Waals surface area (Å²) in [5.41, 5.74) is 2.28. The molecule has 1 aromatic heterocycles. The fourth-order valence-electron chi connectivity index (χ4n) is 3.46. The Labute approximate surface area is 171 Å². The molecule has 0 aliphatic carbocycles. The summed E-state index contributed by atoms with van der Waals surface area (Å²) >= 11 is 0. The second-order valence-corrected chi connectivity index (χ2v) is 6.79. The van der Waals surface area contributed by atoms with Crippen LogP contribution in [-0.4, -0.2) is 59.3 Å². The Kier molecular flexibility index (Phi) is 7.03. The topological polar surface area (TPSA) is 64.5 Å². The first-order valence-corrected chi connectivity index (χ1v) is 9.46. The molecule has 0 saturated carbocycles. The van der Waals surface area contributed by atoms with Gasteiger partial charge in [0.05, 0.1) is 12.1 Å². The Bertz CT molecular complexity index is 884. The van der Waals surface area contributed by atoms with Gasteiger partial charge in [-0.2, -0.15) is 4.98 Å². The van der Waals surface area contributed by atoms with Crippen LogP contribution in [0.5, 0.6) is 0 Å². The molecule has 1 saturated heterocycles. The molecule has 0 atom stereocenters. The fraction of sp³-hybridized carbons (Fsp3) is 0.333. The Morgan fingerprint density at radius 2 is 1.61 bits per heavy atom. The molecule has 4 rings (SSSR count). The number of aliphatic hydroxyl groups excluding tert-OH is 1. The van der Waals surface area contributed by atoms with Crippen LogP contribution in [0.4, 0.5) is 11.8 Å². The zero-order chi connectivity index (χ0) is 18.5. The van der Waals surface area contributed by atoms with Crippen LogP contribution in [0.3, 0.4) is 0 Å². The summed E-state index contributed by atoms with van der Waals surface area (Å²) < 4.78 is 0. The van der Waals surface area contributed by atoms with Gasteiger partial charge in [-0.1, -0.05) is 42.5 Å². The molecule has 7 heteroatoms. The number of nitrogens with one attached hydrogen (secondary N) is 1. The molecule has 2 N–H and O–H groups in total. The Balaban J connectivity index is 0.00000225. The predicted molar refractivity (Wildman–Crippen MR) is 116 cm³/mol. The number of aromatic nitrogens is 2. The molecule has 2 heterocycles. The molecule has 1 fully saturated rings. The van der Waals surface area contributed by atoms with Crippen molar-refractivity contribution in [2.45, 2.75) is 6.54 Å². The smallest absolute Gasteiger partial charge is 0.227 e. The lowest BCUT2D eigenvalue weighted by Crippen LogP contribution is -2.46. The van der Waals surface area contributed by atoms with E-state index in [9.17, 15) is 0 Å². The van der Waals surface area contributed by atoms with Gasteiger partial charge in [0.1, 0.15) is 5.82 Å². The minimum atomic E-state index is 0. The van der Waals surface area contributed by atoms with Gasteiger partial charge in [0, 0.05) is 44.7 Å². The van der Waals surface area contributed by atoms with Gasteiger partial charge in [0.25, 0.3) is 0 Å². The van der Waals surface area contributed by atoms with E-state index in [1.807, 2.05) is 24.3 Å². The number of rotatable bonds is 6. The van der Waals surface area contributed by atoms with Crippen molar-refractivity contribution in [3.05, 3.63) is 60.2 Å². The summed E-state index contributed by atoms with van der Waals surface area (Å²) in [5.74, 6) is 1.55. The van der Waals surface area contributed by atoms with E-state index in [1.54, 1.807) is 0 Å². The van der Waals surface area contributed by atoms with E-state index in [4.69, 9.17) is 15.1 Å². The summed E-state index contributed by atoms with van der Waals surface area (Å²) in [4.78, 5) is 14.2. The average molecular weight is 400 g/mol. The van der Waals surface area contributed by atoms with E-state index in [0.29, 0.717) is 6.54 Å². The molecule has 1 aliphatic rings. The maximum absolute atomic E-state index is 9.15. The van der Waals surface area contributed by atoms with Crippen LogP contribution < -0.4 is 10.2 Å². The lowest BCUT2D eigenvalue weighted by atomic mass is 10.2. The number of fused-ring (bicyclic) bond motifs is 1. The highest BCUT2D eigenvalue weighted by molar-refractivity contribution is 5.90. The molecule has 0 unspecified atom stereocenters. The van der Waals surface area contributed by atoms with Crippen molar-refractivity contribution in [1.82, 2.24) is 14.9 Å². The Morgan fingerprint density at radius 1 is 0.893 bits per heavy atom. The Morgan fingerprint density at radius 3 is 2.36 bits per heavy atom. The van der Waals surface area contributed by atoms with Gasteiger partial charge in [0.2, 0.25) is 5.95 Å². The number of anilines is 2. The van der Waals surface area contributed by atoms with Crippen LogP contribution in [0, 0.1) is 0 Å². The molecular weight excluding hydrogens is 374 g/mol. The van der Waals surface area contributed by atoms with Gasteiger partial charge in [-0.15, -0.1) is 12.4 Å². The highest BCUT2D eigenvalue weighted by Crippen LogP contribution is 2.24. The van der Waals surface area contributed by atoms with Crippen molar-refractivity contribution in [3.63, 3.8) is 0 Å². The van der Waals surface area contributed by atoms with Crippen LogP contribution in [0.25, 0.3) is 10.9 Å². The van der Waals surface area contributed by atoms with Crippen LogP contribution >= 0.6 is 12.4 Å². The van der Waals surface area contributed by atoms with E-state index in [0.717, 1.165) is 55.4 Å². The summed E-state index contributed by atoms with van der Waals surface area (Å²) in [7, 11) is 0. The summed E-state index contributed by atoms with van der Waals surface area (Å²) in [5, 5.41) is 13.3. The normalized spacial score (nSPS) is 14.7. The zero-order valence-corrected chi connectivity index (χ0v) is 16.6. The SMILES string of the molecule is Cl.OCCNc1nc(N2CCN(Cc3ccccc3)CC2)nc2ccccc12. The lowest BCUT2D eigenvalue weighted by molar-refractivity contribution is 0.249. The van der Waals surface area contributed by atoms with E-state index in [2.05, 4.69) is 45.4 Å². The number of para-hydroxylation sites is 1. The summed E-state index contributed by atoms with van der Waals surface area (Å²) in [6.07, 6.45) is 0. The molecule has 148 valence electrons. The fourth-order valence-corrected chi connectivity index (χ4v) is 3.46. The number of hydrogen-bond acceptors (Lipinski definition) is 6. The number of halogens is 1. The molecule has 0 bridgehead atoms. The summed E-state index contributed by atoms with van der Waals surface area (Å²) in [6.45, 7) is 5.33. The van der Waals surface area contributed by atoms with Crippen molar-refractivity contribution in [2.24, 2.45) is 0 Å². The molecular formula is C21H26ClN5O. The van der Waals surface area contributed by atoms with Gasteiger partial charge >= 0.3 is 0 Å². The van der Waals surface area contributed by atoms with Gasteiger partial charge in [-0.25, -0.2) is 4.98 Å². The van der Waals surface area contributed by atoms with E-state index >= 15 is 0 Å². The highest BCUT2D eigenvalue weighted by Gasteiger charge is 2.20. The molecule has 3 aromatic rings. The van der Waals surface area contributed by atoms with Gasteiger partial charge < -0.3 is 15.3 Å². The Hall–Kier alpha value is -2.41. The molecule has 1 aliphatic heterocycles. The summed E-state index contributed by atoms with van der Waals surface area (Å²) in [6, 6.07) is 18.6. The van der Waals surface area contributed by atoms with Crippen LogP contribution in [-0.2, 0) is 6.54 Å². The minimum Gasteiger partial charge on any atom is -0.395 e. The van der Waals surface area contributed by atoms with Gasteiger partial charge in [-0.05, 0) is 17.7 Å². The average Bonchev–Trinajstić information content (AvgIpc) is 2.73. The van der Waals surface area contributed by atoms with E-state index < -0.39 is 0 Å². The highest BCUT2D eigenvalue weighted by atomic mass is 35.5. The van der Waals surface area contributed by atoms with Crippen molar-refractivity contribution in [2.75, 3.05) is 49.5 Å². The number of hydrogen-bond donors (Lipinski definition) is 2. The largest absolute Gasteiger partial charge is 0.395 e. The third-order valence-corrected chi connectivity index (χ3v) is 4.90. The second-order valence-electron chi connectivity index (χ2n) is 6.79. The molecule has 2 aromatic carbocycles. The number of aliphatic hydroxyl groups is 1. The van der Waals surface area contributed by atoms with Crippen molar-refractivity contribution in [3.8, 4) is 0 Å². The predicted octanol–water partition coefficient (Wildman–Crippen LogP) is 2.78. The number of nitrogens with zero attached hydrogens (tertiary/aromatic N) is 4. The van der Waals surface area contributed by atoms with Gasteiger partial charge in [-0.3, -0.25) is 4.90 Å². The first kappa shape index (κ1) is 20.3. The molecule has 0 spiro atoms. The number of benzene rings is 2. The van der Waals surface area contributed by atoms with Gasteiger partial charge in [0.15, 0.2) is 0 Å². The third-order valence-electron chi connectivity index (χ3n) is 4.90. The lowest BCUT2D eigenvalue weighted by Gasteiger charge is -2.35. The van der Waals surface area contributed by atoms with E-state index in [-0.39, 0.29) is 19.0 Å². The maximum atomic E-state index is 9.15. The quantitative estimate of drug-likeness (QED) is 0.664. The standard InChI is InChI=1S/C21H25N5O.ClH/c27-15-10-22-20-18-8-4-5-9-19(18)23-21(24-20)26-13-11-25(12-14-26)16-17-6-2-1-3-7-17;/h1-9,27H,10-16H2,(H,22,23,24);1H. The monoisotopic (exact) mass is 399 g/mol.